The third-order valence-electron chi connectivity index (χ3n) is 6.25. The molecule has 0 amide bonds. The lowest BCUT2D eigenvalue weighted by Gasteiger charge is -2.09. The zero-order chi connectivity index (χ0) is 34.0. The number of aromatic hydroxyl groups is 6. The summed E-state index contributed by atoms with van der Waals surface area (Å²) in [5.74, 6) is -3.60. The first kappa shape index (κ1) is 40.5. The van der Waals surface area contributed by atoms with Gasteiger partial charge in [0.05, 0.1) is 13.1 Å². The Bertz CT molecular complexity index is 1780. The predicted octanol–water partition coefficient (Wildman–Crippen LogP) is 3.26. The predicted molar refractivity (Wildman–Crippen MR) is 177 cm³/mol. The highest BCUT2D eigenvalue weighted by Gasteiger charge is 2.15. The zero-order valence-corrected chi connectivity index (χ0v) is 26.5. The minimum atomic E-state index is -0.477. The van der Waals surface area contributed by atoms with E-state index in [-0.39, 0.29) is 113 Å². The monoisotopic (exact) mass is 706 g/mol. The molecule has 4 aromatic rings. The number of phenolic OH excluding ortho intramolecular Hbond substituents is 6. The van der Waals surface area contributed by atoms with Gasteiger partial charge in [-0.05, 0) is 72.8 Å². The number of rotatable bonds is 12. The molecule has 0 bridgehead atoms. The van der Waals surface area contributed by atoms with Crippen LogP contribution in [0.2, 0.25) is 0 Å². The van der Waals surface area contributed by atoms with Crippen molar-refractivity contribution in [1.29, 1.82) is 0 Å². The molecular formula is C32H32Cl2N2O12. The van der Waals surface area contributed by atoms with E-state index in [0.717, 1.165) is 12.1 Å². The maximum Gasteiger partial charge on any atom is 0.200 e. The number of ether oxygens (including phenoxy) is 2. The van der Waals surface area contributed by atoms with Crippen LogP contribution in [0.1, 0.15) is 41.4 Å². The summed E-state index contributed by atoms with van der Waals surface area (Å²) in [6.07, 6.45) is 0. The Balaban J connectivity index is 0.000000461. The largest absolute Gasteiger partial charge is 0.504 e. The van der Waals surface area contributed by atoms with Crippen LogP contribution in [-0.4, -0.2) is 80.1 Å². The Morgan fingerprint density at radius 1 is 0.438 bits per heavy atom. The average Bonchev–Trinajstić information content (AvgIpc) is 3.05. The third-order valence-corrected chi connectivity index (χ3v) is 6.25. The number of halogens is 2. The van der Waals surface area contributed by atoms with Crippen molar-refractivity contribution in [3.05, 3.63) is 95.1 Å². The number of carbonyl (C=O) groups excluding carboxylic acids is 4. The second-order valence-electron chi connectivity index (χ2n) is 9.45. The second kappa shape index (κ2) is 18.6. The first-order chi connectivity index (χ1) is 21.8. The molecule has 14 nitrogen and oxygen atoms in total. The molecular weight excluding hydrogens is 675 g/mol. The maximum atomic E-state index is 12.0. The summed E-state index contributed by atoms with van der Waals surface area (Å²) in [7, 11) is 0. The van der Waals surface area contributed by atoms with Crippen molar-refractivity contribution in [2.45, 2.75) is 0 Å². The van der Waals surface area contributed by atoms with Crippen molar-refractivity contribution in [3.63, 3.8) is 0 Å². The van der Waals surface area contributed by atoms with Crippen LogP contribution in [0.3, 0.4) is 0 Å². The molecule has 0 aromatic heterocycles. The zero-order valence-electron chi connectivity index (χ0n) is 24.9. The summed E-state index contributed by atoms with van der Waals surface area (Å²) in [6.45, 7) is -1.17. The molecule has 0 aliphatic heterocycles. The highest BCUT2D eigenvalue weighted by Crippen LogP contribution is 2.30. The summed E-state index contributed by atoms with van der Waals surface area (Å²) < 4.78 is 10.4. The Morgan fingerprint density at radius 2 is 0.792 bits per heavy atom. The van der Waals surface area contributed by atoms with E-state index < -0.39 is 29.7 Å². The topological polar surface area (TPSA) is 260 Å². The summed E-state index contributed by atoms with van der Waals surface area (Å²) in [5, 5.41) is 56.6. The second-order valence-corrected chi connectivity index (χ2v) is 9.45. The Morgan fingerprint density at radius 3 is 1.21 bits per heavy atom. The standard InChI is InChI=1S/2C16H15NO6.2ClH/c17-7-14(21)9-2-4-16(13(20)6-9)23-8-15(22)10-1-3-11(18)12(19)5-10;17-7-14(21)10-2-4-12(19)16(6-10)23-8-15(22)9-1-3-11(18)13(20)5-9;;/h2*1-6,18-20H,7-8,17H2;2*1H. The first-order valence-electron chi connectivity index (χ1n) is 13.3. The van der Waals surface area contributed by atoms with Gasteiger partial charge in [0.2, 0.25) is 0 Å². The maximum absolute atomic E-state index is 12.0. The molecule has 48 heavy (non-hydrogen) atoms. The Hall–Kier alpha value is -5.54. The minimum Gasteiger partial charge on any atom is -0.504 e. The van der Waals surface area contributed by atoms with E-state index in [4.69, 9.17) is 20.9 Å². The number of hydrogen-bond acceptors (Lipinski definition) is 14. The molecule has 0 aliphatic rings. The number of ketones is 4. The number of Topliss-reactive ketones (excluding diaryl/α,β-unsaturated/α-hetero) is 4. The molecule has 0 unspecified atom stereocenters. The van der Waals surface area contributed by atoms with Crippen molar-refractivity contribution in [3.8, 4) is 46.0 Å². The van der Waals surface area contributed by atoms with E-state index in [1.165, 1.54) is 60.7 Å². The Labute approximate surface area is 285 Å². The van der Waals surface area contributed by atoms with Crippen molar-refractivity contribution < 1.29 is 59.3 Å². The van der Waals surface area contributed by atoms with E-state index in [2.05, 4.69) is 0 Å². The highest BCUT2D eigenvalue weighted by molar-refractivity contribution is 6.00. The molecule has 256 valence electrons. The van der Waals surface area contributed by atoms with E-state index >= 15 is 0 Å². The summed E-state index contributed by atoms with van der Waals surface area (Å²) in [6, 6.07) is 15.2. The molecule has 4 rings (SSSR count). The van der Waals surface area contributed by atoms with Crippen LogP contribution in [-0.2, 0) is 0 Å². The number of carbonyl (C=O) groups is 4. The average molecular weight is 708 g/mol. The van der Waals surface area contributed by atoms with Crippen LogP contribution in [0, 0.1) is 0 Å². The van der Waals surface area contributed by atoms with E-state index in [1.807, 2.05) is 0 Å². The van der Waals surface area contributed by atoms with Gasteiger partial charge in [0, 0.05) is 22.3 Å². The van der Waals surface area contributed by atoms with Gasteiger partial charge >= 0.3 is 0 Å². The number of phenols is 6. The van der Waals surface area contributed by atoms with Gasteiger partial charge in [-0.3, -0.25) is 19.2 Å². The fourth-order valence-corrected chi connectivity index (χ4v) is 3.70. The van der Waals surface area contributed by atoms with Crippen molar-refractivity contribution in [2.24, 2.45) is 11.5 Å². The summed E-state index contributed by atoms with van der Waals surface area (Å²) >= 11 is 0. The van der Waals surface area contributed by atoms with Crippen LogP contribution in [0.25, 0.3) is 0 Å². The van der Waals surface area contributed by atoms with Crippen molar-refractivity contribution in [1.82, 2.24) is 0 Å². The van der Waals surface area contributed by atoms with Crippen LogP contribution in [0.4, 0.5) is 0 Å². The third kappa shape index (κ3) is 10.8. The molecule has 0 radical (unpaired) electrons. The molecule has 0 saturated heterocycles. The van der Waals surface area contributed by atoms with Crippen LogP contribution in [0.15, 0.2) is 72.8 Å². The van der Waals surface area contributed by atoms with Crippen LogP contribution in [0.5, 0.6) is 46.0 Å². The van der Waals surface area contributed by atoms with Crippen LogP contribution < -0.4 is 20.9 Å². The van der Waals surface area contributed by atoms with Gasteiger partial charge in [0.25, 0.3) is 0 Å². The van der Waals surface area contributed by atoms with Gasteiger partial charge in [-0.25, -0.2) is 0 Å². The number of nitrogens with two attached hydrogens (primary N) is 2. The molecule has 16 heteroatoms. The molecule has 0 spiro atoms. The van der Waals surface area contributed by atoms with Gasteiger partial charge in [0.1, 0.15) is 0 Å². The lowest BCUT2D eigenvalue weighted by Crippen LogP contribution is -2.14. The molecule has 0 saturated carbocycles. The summed E-state index contributed by atoms with van der Waals surface area (Å²) in [5.41, 5.74) is 11.3. The van der Waals surface area contributed by atoms with Crippen molar-refractivity contribution in [2.75, 3.05) is 26.3 Å². The smallest absolute Gasteiger partial charge is 0.200 e. The minimum absolute atomic E-state index is 0. The van der Waals surface area contributed by atoms with Gasteiger partial charge < -0.3 is 51.6 Å². The first-order valence-corrected chi connectivity index (χ1v) is 13.3. The lowest BCUT2D eigenvalue weighted by atomic mass is 10.1. The normalized spacial score (nSPS) is 9.88. The highest BCUT2D eigenvalue weighted by atomic mass is 35.5. The van der Waals surface area contributed by atoms with E-state index in [9.17, 15) is 49.8 Å². The molecule has 0 atom stereocenters. The van der Waals surface area contributed by atoms with Crippen LogP contribution >= 0.6 is 24.8 Å². The molecule has 4 aromatic carbocycles. The van der Waals surface area contributed by atoms with Gasteiger partial charge in [0.15, 0.2) is 82.3 Å². The number of hydrogen-bond donors (Lipinski definition) is 8. The number of benzene rings is 4. The lowest BCUT2D eigenvalue weighted by molar-refractivity contribution is 0.0912. The fourth-order valence-electron chi connectivity index (χ4n) is 3.70. The SMILES string of the molecule is Cl.Cl.NCC(=O)c1ccc(O)c(OCC(=O)c2ccc(O)c(O)c2)c1.NCC(=O)c1ccc(OCC(=O)c2ccc(O)c(O)c2)c(O)c1. The van der Waals surface area contributed by atoms with E-state index in [0.29, 0.717) is 0 Å². The van der Waals surface area contributed by atoms with Gasteiger partial charge in [-0.2, -0.15) is 0 Å². The molecule has 0 fully saturated rings. The van der Waals surface area contributed by atoms with Crippen molar-refractivity contribution >= 4 is 47.9 Å². The molecule has 10 N–H and O–H groups in total. The van der Waals surface area contributed by atoms with Gasteiger partial charge in [-0.1, -0.05) is 0 Å². The quantitative estimate of drug-likeness (QED) is 0.0777. The fraction of sp³-hybridized carbons (Fsp3) is 0.125. The Kier molecular flexibility index (Phi) is 15.7. The summed E-state index contributed by atoms with van der Waals surface area (Å²) in [4.78, 5) is 46.9. The molecule has 0 aliphatic carbocycles. The van der Waals surface area contributed by atoms with E-state index in [1.54, 1.807) is 0 Å². The molecule has 0 heterocycles. The van der Waals surface area contributed by atoms with Gasteiger partial charge in [-0.15, -0.1) is 24.8 Å².